The molecule has 0 amide bonds. The highest BCUT2D eigenvalue weighted by atomic mass is 79.9. The molecule has 3 aromatic heterocycles. The highest BCUT2D eigenvalue weighted by molar-refractivity contribution is 9.11. The number of nitro groups is 2. The lowest BCUT2D eigenvalue weighted by Gasteiger charge is -2.06. The number of aromatic amines is 2. The average molecular weight is 783 g/mol. The molecule has 0 aromatic carbocycles. The Balaban J connectivity index is 2.28. The van der Waals surface area contributed by atoms with Crippen LogP contribution >= 0.6 is 31.9 Å². The SMILES string of the molecule is CCC1=C(CC)c2nc1c([N+](=O)[O-])c1nc(c([N+](=O)[O-])c3[nH]c(c(CC)c3CC)c(Br)c3[nH]c(c2Br)c(CC)c3CC)C(CC)=C1CC. The van der Waals surface area contributed by atoms with E-state index in [4.69, 9.17) is 9.97 Å². The smallest absolute Gasteiger partial charge is 0.320 e. The van der Waals surface area contributed by atoms with Crippen LogP contribution in [0, 0.1) is 20.2 Å². The molecule has 0 fully saturated rings. The van der Waals surface area contributed by atoms with Crippen LogP contribution in [-0.4, -0.2) is 29.8 Å². The molecule has 2 aliphatic heterocycles. The Labute approximate surface area is 297 Å². The summed E-state index contributed by atoms with van der Waals surface area (Å²) in [7, 11) is 0. The summed E-state index contributed by atoms with van der Waals surface area (Å²) in [5, 5.41) is 26.3. The monoisotopic (exact) mass is 780 g/mol. The first kappa shape index (κ1) is 35.7. The molecule has 48 heavy (non-hydrogen) atoms. The van der Waals surface area contributed by atoms with Gasteiger partial charge in [0.2, 0.25) is 0 Å². The molecule has 0 saturated carbocycles. The summed E-state index contributed by atoms with van der Waals surface area (Å²) < 4.78 is 1.54. The first-order valence-electron chi connectivity index (χ1n) is 16.9. The van der Waals surface area contributed by atoms with E-state index >= 15 is 0 Å². The van der Waals surface area contributed by atoms with Crippen molar-refractivity contribution in [3.05, 3.63) is 74.2 Å². The van der Waals surface area contributed by atoms with Gasteiger partial charge in [-0.1, -0.05) is 55.4 Å². The van der Waals surface area contributed by atoms with Gasteiger partial charge in [-0.2, -0.15) is 0 Å². The fourth-order valence-electron chi connectivity index (χ4n) is 7.66. The summed E-state index contributed by atoms with van der Waals surface area (Å²) in [5.74, 6) is 0. The van der Waals surface area contributed by atoms with Crippen molar-refractivity contribution < 1.29 is 9.85 Å². The minimum absolute atomic E-state index is 0.149. The predicted octanol–water partition coefficient (Wildman–Crippen LogP) is 11.4. The van der Waals surface area contributed by atoms with E-state index < -0.39 is 9.85 Å². The normalized spacial score (nSPS) is 13.2. The van der Waals surface area contributed by atoms with Crippen LogP contribution < -0.4 is 0 Å². The topological polar surface area (TPSA) is 144 Å². The Kier molecular flexibility index (Phi) is 10.5. The van der Waals surface area contributed by atoms with Crippen molar-refractivity contribution in [1.29, 1.82) is 0 Å². The molecule has 0 spiro atoms. The fraction of sp³-hybridized carbons (Fsp3) is 0.444. The molecule has 0 atom stereocenters. The lowest BCUT2D eigenvalue weighted by Crippen LogP contribution is -2.00. The van der Waals surface area contributed by atoms with Crippen LogP contribution in [-0.2, 0) is 25.7 Å². The second-order valence-electron chi connectivity index (χ2n) is 11.9. The van der Waals surface area contributed by atoms with Crippen LogP contribution in [0.25, 0.3) is 44.4 Å². The van der Waals surface area contributed by atoms with E-state index in [1.54, 1.807) is 0 Å². The standard InChI is InChI=1S/C36H42Br2N6O4/c1-9-17-18(10-2)28-26(38)30-20(12-4)22(14-6)32(41-30)36(44(47)48)34-24(16-8)23(15-7)33(42-34)35(43(45)46)31-21(13-5)19(11-3)29(40-31)25(37)27(17)39-28/h39-40H,9-16H2,1-8H3. The number of allylic oxidation sites excluding steroid dienone is 4. The highest BCUT2D eigenvalue weighted by Gasteiger charge is 2.37. The number of rotatable bonds is 10. The van der Waals surface area contributed by atoms with Gasteiger partial charge < -0.3 is 9.97 Å². The molecule has 0 aliphatic carbocycles. The van der Waals surface area contributed by atoms with Gasteiger partial charge in [0.05, 0.1) is 41.0 Å². The minimum atomic E-state index is -0.414. The zero-order valence-electron chi connectivity index (χ0n) is 28.8. The van der Waals surface area contributed by atoms with Crippen LogP contribution in [0.15, 0.2) is 8.95 Å². The first-order valence-corrected chi connectivity index (χ1v) is 18.5. The second kappa shape index (κ2) is 14.1. The quantitative estimate of drug-likeness (QED) is 0.155. The largest absolute Gasteiger partial charge is 0.353 e. The Morgan fingerprint density at radius 2 is 0.792 bits per heavy atom. The molecule has 3 aromatic rings. The Morgan fingerprint density at radius 1 is 0.479 bits per heavy atom. The van der Waals surface area contributed by atoms with Gasteiger partial charge in [-0.25, -0.2) is 9.97 Å². The summed E-state index contributed by atoms with van der Waals surface area (Å²) in [6.45, 7) is 16.1. The van der Waals surface area contributed by atoms with Crippen molar-refractivity contribution in [2.24, 2.45) is 0 Å². The van der Waals surface area contributed by atoms with Crippen molar-refractivity contribution in [2.45, 2.75) is 107 Å². The van der Waals surface area contributed by atoms with Gasteiger partial charge in [-0.3, -0.25) is 20.2 Å². The maximum Gasteiger partial charge on any atom is 0.320 e. The molecule has 2 aliphatic rings. The van der Waals surface area contributed by atoms with Gasteiger partial charge in [0, 0.05) is 0 Å². The molecule has 0 unspecified atom stereocenters. The molecule has 5 heterocycles. The van der Waals surface area contributed by atoms with Crippen LogP contribution in [0.5, 0.6) is 0 Å². The van der Waals surface area contributed by atoms with E-state index in [9.17, 15) is 20.2 Å². The highest BCUT2D eigenvalue weighted by Crippen LogP contribution is 2.48. The number of aryl methyl sites for hydroxylation is 4. The van der Waals surface area contributed by atoms with E-state index in [2.05, 4.69) is 55.7 Å². The van der Waals surface area contributed by atoms with Gasteiger partial charge in [0.1, 0.15) is 22.6 Å². The van der Waals surface area contributed by atoms with Crippen LogP contribution in [0.2, 0.25) is 0 Å². The third-order valence-electron chi connectivity index (χ3n) is 9.72. The maximum absolute atomic E-state index is 13.2. The molecule has 0 radical (unpaired) electrons. The van der Waals surface area contributed by atoms with Crippen molar-refractivity contribution in [3.8, 4) is 0 Å². The predicted molar refractivity (Wildman–Crippen MR) is 202 cm³/mol. The molecule has 0 saturated heterocycles. The zero-order chi connectivity index (χ0) is 35.2. The van der Waals surface area contributed by atoms with E-state index in [1.807, 2.05) is 41.5 Å². The van der Waals surface area contributed by atoms with E-state index in [0.29, 0.717) is 60.9 Å². The molecule has 2 N–H and O–H groups in total. The molecule has 254 valence electrons. The Morgan fingerprint density at radius 3 is 1.17 bits per heavy atom. The van der Waals surface area contributed by atoms with Crippen LogP contribution in [0.1, 0.15) is 126 Å². The average Bonchev–Trinajstić information content (AvgIpc) is 3.83. The van der Waals surface area contributed by atoms with E-state index in [1.165, 1.54) is 0 Å². The van der Waals surface area contributed by atoms with Gasteiger partial charge in [-0.05, 0) is 128 Å². The Bertz CT molecular complexity index is 2110. The zero-order valence-corrected chi connectivity index (χ0v) is 32.0. The van der Waals surface area contributed by atoms with Crippen LogP contribution in [0.3, 0.4) is 0 Å². The molecule has 10 nitrogen and oxygen atoms in total. The summed E-state index contributed by atoms with van der Waals surface area (Å²) in [4.78, 5) is 42.6. The van der Waals surface area contributed by atoms with E-state index in [0.717, 1.165) is 71.7 Å². The lowest BCUT2D eigenvalue weighted by atomic mass is 9.96. The summed E-state index contributed by atoms with van der Waals surface area (Å²) >= 11 is 7.88. The molecule has 12 heteroatoms. The number of hydrogen-bond acceptors (Lipinski definition) is 6. The Hall–Kier alpha value is -3.64. The third-order valence-corrected chi connectivity index (χ3v) is 11.3. The number of fused-ring (bicyclic) bond motifs is 8. The summed E-state index contributed by atoms with van der Waals surface area (Å²) in [5.41, 5.74) is 10.8. The number of hydrogen-bond donors (Lipinski definition) is 2. The van der Waals surface area contributed by atoms with Crippen molar-refractivity contribution in [1.82, 2.24) is 19.9 Å². The van der Waals surface area contributed by atoms with Gasteiger partial charge in [0.15, 0.2) is 0 Å². The number of aromatic nitrogens is 4. The van der Waals surface area contributed by atoms with E-state index in [-0.39, 0.29) is 28.5 Å². The number of nitrogens with zero attached hydrogens (tertiary/aromatic N) is 4. The molecule has 5 rings (SSSR count). The summed E-state index contributed by atoms with van der Waals surface area (Å²) in [6.07, 6.45) is 4.63. The minimum Gasteiger partial charge on any atom is -0.353 e. The number of halogens is 2. The number of nitrogens with one attached hydrogen (secondary N) is 2. The third kappa shape index (κ3) is 5.35. The summed E-state index contributed by atoms with van der Waals surface area (Å²) in [6, 6.07) is 0. The van der Waals surface area contributed by atoms with Crippen molar-refractivity contribution in [3.63, 3.8) is 0 Å². The molecular weight excluding hydrogens is 740 g/mol. The second-order valence-corrected chi connectivity index (χ2v) is 13.5. The first-order chi connectivity index (χ1) is 23.0. The molecule has 8 bridgehead atoms. The van der Waals surface area contributed by atoms with Gasteiger partial charge in [0.25, 0.3) is 0 Å². The van der Waals surface area contributed by atoms with Gasteiger partial charge in [-0.15, -0.1) is 0 Å². The molecular formula is C36H42Br2N6O4. The lowest BCUT2D eigenvalue weighted by molar-refractivity contribution is -0.385. The maximum atomic E-state index is 13.2. The fourth-order valence-corrected chi connectivity index (χ4v) is 9.01. The van der Waals surface area contributed by atoms with Gasteiger partial charge >= 0.3 is 11.4 Å². The number of H-pyrrole nitrogens is 2. The van der Waals surface area contributed by atoms with Crippen molar-refractivity contribution in [2.75, 3.05) is 0 Å². The van der Waals surface area contributed by atoms with Crippen LogP contribution in [0.4, 0.5) is 11.4 Å². The van der Waals surface area contributed by atoms with Crippen molar-refractivity contribution >= 4 is 87.6 Å².